The maximum atomic E-state index is 14.6. The Kier molecular flexibility index (Phi) is 7.25. The number of nitrogens with zero attached hydrogens (tertiary/aromatic N) is 2. The Labute approximate surface area is 227 Å². The molecule has 0 fully saturated rings. The molecular formula is C28H20F4N2O4S2. The quantitative estimate of drug-likeness (QED) is 0.214. The lowest BCUT2D eigenvalue weighted by molar-refractivity contribution is 0.389. The third-order valence-electron chi connectivity index (χ3n) is 6.31. The van der Waals surface area contributed by atoms with Gasteiger partial charge in [0.25, 0.3) is 10.0 Å². The van der Waals surface area contributed by atoms with E-state index in [0.29, 0.717) is 5.39 Å². The summed E-state index contributed by atoms with van der Waals surface area (Å²) >= 11 is 0. The summed E-state index contributed by atoms with van der Waals surface area (Å²) in [4.78, 5) is -0.493. The SMILES string of the molecule is O=S(=O)(c1ccc(F)cc1)N(Cc1cccc(F)c1F)Cc1cn(S(=O)(=O)c2ccc(F)cc2)c2ccccc12. The molecule has 5 aromatic rings. The Balaban J connectivity index is 1.64. The molecule has 0 unspecified atom stereocenters. The molecule has 1 aromatic heterocycles. The minimum Gasteiger partial charge on any atom is -0.241 e. The van der Waals surface area contributed by atoms with E-state index >= 15 is 0 Å². The van der Waals surface area contributed by atoms with Crippen LogP contribution >= 0.6 is 0 Å². The third-order valence-corrected chi connectivity index (χ3v) is 9.80. The van der Waals surface area contributed by atoms with E-state index in [-0.39, 0.29) is 26.4 Å². The zero-order chi connectivity index (χ0) is 28.7. The minimum absolute atomic E-state index is 0.196. The molecule has 40 heavy (non-hydrogen) atoms. The van der Waals surface area contributed by atoms with Crippen molar-refractivity contribution < 1.29 is 34.4 Å². The van der Waals surface area contributed by atoms with Crippen LogP contribution in [0.25, 0.3) is 10.9 Å². The number of rotatable bonds is 8. The molecule has 0 atom stereocenters. The Morgan fingerprint density at radius 3 is 1.85 bits per heavy atom. The van der Waals surface area contributed by atoms with Crippen LogP contribution in [0.15, 0.2) is 107 Å². The molecule has 0 N–H and O–H groups in total. The zero-order valence-corrected chi connectivity index (χ0v) is 22.1. The van der Waals surface area contributed by atoms with Crippen molar-refractivity contribution in [3.63, 3.8) is 0 Å². The van der Waals surface area contributed by atoms with Gasteiger partial charge in [0.05, 0.1) is 15.3 Å². The van der Waals surface area contributed by atoms with E-state index in [0.717, 1.165) is 62.9 Å². The highest BCUT2D eigenvalue weighted by Gasteiger charge is 2.29. The molecule has 206 valence electrons. The van der Waals surface area contributed by atoms with E-state index in [4.69, 9.17) is 0 Å². The highest BCUT2D eigenvalue weighted by Crippen LogP contribution is 2.30. The van der Waals surface area contributed by atoms with Gasteiger partial charge in [-0.05, 0) is 66.2 Å². The van der Waals surface area contributed by atoms with E-state index in [1.807, 2.05) is 0 Å². The molecule has 0 spiro atoms. The van der Waals surface area contributed by atoms with E-state index in [2.05, 4.69) is 0 Å². The summed E-state index contributed by atoms with van der Waals surface area (Å²) in [7, 11) is -8.65. The Bertz CT molecular complexity index is 1920. The van der Waals surface area contributed by atoms with Gasteiger partial charge in [-0.15, -0.1) is 0 Å². The van der Waals surface area contributed by atoms with Crippen molar-refractivity contribution in [3.8, 4) is 0 Å². The topological polar surface area (TPSA) is 76.5 Å². The summed E-state index contributed by atoms with van der Waals surface area (Å²) in [6.45, 7) is -1.05. The molecule has 5 rings (SSSR count). The molecule has 12 heteroatoms. The summed E-state index contributed by atoms with van der Waals surface area (Å²) in [6.07, 6.45) is 1.23. The molecule has 0 saturated carbocycles. The molecule has 4 aromatic carbocycles. The number of sulfonamides is 1. The van der Waals surface area contributed by atoms with Gasteiger partial charge >= 0.3 is 0 Å². The van der Waals surface area contributed by atoms with Gasteiger partial charge in [-0.3, -0.25) is 0 Å². The Morgan fingerprint density at radius 1 is 0.625 bits per heavy atom. The van der Waals surface area contributed by atoms with E-state index < -0.39 is 56.4 Å². The first-order valence-electron chi connectivity index (χ1n) is 11.8. The fourth-order valence-corrected chi connectivity index (χ4v) is 7.08. The number of hydrogen-bond acceptors (Lipinski definition) is 4. The average molecular weight is 589 g/mol. The monoisotopic (exact) mass is 588 g/mol. The van der Waals surface area contributed by atoms with Crippen molar-refractivity contribution in [1.29, 1.82) is 0 Å². The third kappa shape index (κ3) is 5.12. The van der Waals surface area contributed by atoms with E-state index in [1.165, 1.54) is 24.4 Å². The van der Waals surface area contributed by atoms with Crippen LogP contribution in [0.4, 0.5) is 17.6 Å². The number of fused-ring (bicyclic) bond motifs is 1. The summed E-state index contributed by atoms with van der Waals surface area (Å²) in [6, 6.07) is 17.9. The first-order valence-corrected chi connectivity index (χ1v) is 14.7. The molecule has 0 bridgehead atoms. The molecule has 6 nitrogen and oxygen atoms in total. The van der Waals surface area contributed by atoms with Crippen LogP contribution < -0.4 is 0 Å². The first-order chi connectivity index (χ1) is 19.0. The molecule has 0 radical (unpaired) electrons. The van der Waals surface area contributed by atoms with Crippen LogP contribution in [0.1, 0.15) is 11.1 Å². The van der Waals surface area contributed by atoms with Crippen molar-refractivity contribution in [2.75, 3.05) is 0 Å². The van der Waals surface area contributed by atoms with Gasteiger partial charge in [-0.1, -0.05) is 30.3 Å². The van der Waals surface area contributed by atoms with Crippen LogP contribution in [0.5, 0.6) is 0 Å². The lowest BCUT2D eigenvalue weighted by Crippen LogP contribution is -2.30. The molecule has 0 aliphatic heterocycles. The van der Waals surface area contributed by atoms with Crippen LogP contribution in [0.3, 0.4) is 0 Å². The van der Waals surface area contributed by atoms with Gasteiger partial charge in [0, 0.05) is 30.2 Å². The van der Waals surface area contributed by atoms with Crippen molar-refractivity contribution in [2.45, 2.75) is 22.9 Å². The van der Waals surface area contributed by atoms with Crippen molar-refractivity contribution in [1.82, 2.24) is 8.28 Å². The van der Waals surface area contributed by atoms with Crippen molar-refractivity contribution in [2.24, 2.45) is 0 Å². The van der Waals surface area contributed by atoms with Crippen LogP contribution in [-0.2, 0) is 33.1 Å². The van der Waals surface area contributed by atoms with Crippen molar-refractivity contribution >= 4 is 30.9 Å². The normalized spacial score (nSPS) is 12.3. The summed E-state index contributed by atoms with van der Waals surface area (Å²) in [5.41, 5.74) is 0.204. The molecule has 0 aliphatic carbocycles. The average Bonchev–Trinajstić information content (AvgIpc) is 3.30. The van der Waals surface area contributed by atoms with Gasteiger partial charge < -0.3 is 0 Å². The van der Waals surface area contributed by atoms with Gasteiger partial charge in [0.2, 0.25) is 10.0 Å². The molecule has 1 heterocycles. The van der Waals surface area contributed by atoms with Gasteiger partial charge in [0.1, 0.15) is 11.6 Å². The van der Waals surface area contributed by atoms with E-state index in [9.17, 15) is 34.4 Å². The summed E-state index contributed by atoms with van der Waals surface area (Å²) in [5.74, 6) is -3.69. The fourth-order valence-electron chi connectivity index (χ4n) is 4.30. The second-order valence-electron chi connectivity index (χ2n) is 8.87. The van der Waals surface area contributed by atoms with Crippen molar-refractivity contribution in [3.05, 3.63) is 132 Å². The lowest BCUT2D eigenvalue weighted by Gasteiger charge is -2.22. The predicted molar refractivity (Wildman–Crippen MR) is 140 cm³/mol. The maximum Gasteiger partial charge on any atom is 0.268 e. The number of aromatic nitrogens is 1. The second-order valence-corrected chi connectivity index (χ2v) is 12.6. The number of benzene rings is 4. The molecular weight excluding hydrogens is 568 g/mol. The molecule has 0 aliphatic rings. The summed E-state index contributed by atoms with van der Waals surface area (Å²) < 4.78 is 112. The van der Waals surface area contributed by atoms with Crippen LogP contribution in [0, 0.1) is 23.3 Å². The standard InChI is InChI=1S/C28H20F4N2O4S2/c29-21-8-12-23(13-9-21)39(35,36)33(16-19-4-3-6-26(31)28(19)32)17-20-18-34(27-7-2-1-5-25(20)27)40(37,38)24-14-10-22(30)11-15-24/h1-15,18H,16-17H2. The van der Waals surface area contributed by atoms with Crippen LogP contribution in [0.2, 0.25) is 0 Å². The molecule has 0 amide bonds. The smallest absolute Gasteiger partial charge is 0.241 e. The minimum atomic E-state index is -4.42. The number of para-hydroxylation sites is 1. The Morgan fingerprint density at radius 2 is 1.20 bits per heavy atom. The van der Waals surface area contributed by atoms with Crippen LogP contribution in [-0.4, -0.2) is 25.1 Å². The Hall–Kier alpha value is -4.00. The fraction of sp³-hybridized carbons (Fsp3) is 0.0714. The second kappa shape index (κ2) is 10.5. The highest BCUT2D eigenvalue weighted by molar-refractivity contribution is 7.90. The number of hydrogen-bond donors (Lipinski definition) is 0. The lowest BCUT2D eigenvalue weighted by atomic mass is 10.1. The first kappa shape index (κ1) is 27.6. The maximum absolute atomic E-state index is 14.6. The van der Waals surface area contributed by atoms with Gasteiger partial charge in [-0.2, -0.15) is 4.31 Å². The summed E-state index contributed by atoms with van der Waals surface area (Å²) in [5, 5.41) is 0.382. The molecule has 0 saturated heterocycles. The zero-order valence-electron chi connectivity index (χ0n) is 20.5. The van der Waals surface area contributed by atoms with Gasteiger partial charge in [-0.25, -0.2) is 38.4 Å². The number of halogens is 4. The van der Waals surface area contributed by atoms with Gasteiger partial charge in [0.15, 0.2) is 11.6 Å². The highest BCUT2D eigenvalue weighted by atomic mass is 32.2. The van der Waals surface area contributed by atoms with E-state index in [1.54, 1.807) is 18.2 Å². The largest absolute Gasteiger partial charge is 0.268 e. The predicted octanol–water partition coefficient (Wildman–Crippen LogP) is 5.83.